The average Bonchev–Trinajstić information content (AvgIpc) is 3.12. The summed E-state index contributed by atoms with van der Waals surface area (Å²) < 4.78 is 4.08. The van der Waals surface area contributed by atoms with Crippen molar-refractivity contribution in [3.05, 3.63) is 95.3 Å². The van der Waals surface area contributed by atoms with Crippen LogP contribution in [0, 0.1) is 6.92 Å². The van der Waals surface area contributed by atoms with E-state index in [9.17, 15) is 4.79 Å². The van der Waals surface area contributed by atoms with Crippen LogP contribution in [0.25, 0.3) is 5.69 Å². The minimum atomic E-state index is -0.277. The topological polar surface area (TPSA) is 59.8 Å². The Morgan fingerprint density at radius 1 is 0.966 bits per heavy atom. The third-order valence-corrected chi connectivity index (χ3v) is 6.78. The summed E-state index contributed by atoms with van der Waals surface area (Å²) in [5.41, 5.74) is 2.64. The zero-order valence-electron chi connectivity index (χ0n) is 15.5. The number of nitrogens with zero attached hydrogens (tertiary/aromatic N) is 3. The average molecular weight is 468 g/mol. The van der Waals surface area contributed by atoms with Gasteiger partial charge in [-0.05, 0) is 0 Å². The summed E-state index contributed by atoms with van der Waals surface area (Å²) in [4.78, 5) is 12.7. The van der Waals surface area contributed by atoms with Crippen LogP contribution in [0.15, 0.2) is 78.9 Å². The third-order valence-electron chi connectivity index (χ3n) is 4.28. The summed E-state index contributed by atoms with van der Waals surface area (Å²) in [6.07, 6.45) is 0. The van der Waals surface area contributed by atoms with Gasteiger partial charge in [0.15, 0.2) is 0 Å². The number of hydrogen-bond donors (Lipinski definition) is 1. The van der Waals surface area contributed by atoms with Crippen LogP contribution in [0.3, 0.4) is 0 Å². The number of nitrogens with one attached hydrogen (secondary N) is 1. The molecule has 0 aliphatic carbocycles. The number of para-hydroxylation sites is 2. The first-order valence-corrected chi connectivity index (χ1v) is 11.0. The van der Waals surface area contributed by atoms with E-state index in [0.29, 0.717) is 11.4 Å². The second kappa shape index (κ2) is 8.62. The van der Waals surface area contributed by atoms with E-state index in [1.54, 1.807) is 4.68 Å². The van der Waals surface area contributed by atoms with Gasteiger partial charge in [0.05, 0.1) is 0 Å². The Kier molecular flexibility index (Phi) is 5.76. The Bertz CT molecular complexity index is 1140. The van der Waals surface area contributed by atoms with E-state index in [-0.39, 0.29) is 20.9 Å². The molecular weight excluding hydrogens is 451 g/mol. The molecule has 0 spiro atoms. The summed E-state index contributed by atoms with van der Waals surface area (Å²) in [6.45, 7) is 1.85. The number of rotatable bonds is 5. The van der Waals surface area contributed by atoms with Crippen LogP contribution in [0.5, 0.6) is 0 Å². The van der Waals surface area contributed by atoms with Crippen LogP contribution in [-0.4, -0.2) is 35.9 Å². The van der Waals surface area contributed by atoms with E-state index in [1.165, 1.54) is 4.46 Å². The van der Waals surface area contributed by atoms with Crippen molar-refractivity contribution < 1.29 is 4.79 Å². The first kappa shape index (κ1) is 19.4. The molecule has 4 aromatic rings. The number of halogens is 1. The molecule has 0 aliphatic heterocycles. The van der Waals surface area contributed by atoms with Crippen LogP contribution < -0.4 is 14.2 Å². The molecule has 0 unspecified atom stereocenters. The first-order chi connectivity index (χ1) is 14.1. The molecule has 3 aromatic carbocycles. The molecule has 1 heterocycles. The molecule has 29 heavy (non-hydrogen) atoms. The summed E-state index contributed by atoms with van der Waals surface area (Å²) in [7, 11) is 0. The molecule has 0 saturated carbocycles. The predicted molar refractivity (Wildman–Crippen MR) is 117 cm³/mol. The molecule has 0 radical (unpaired) electrons. The quantitative estimate of drug-likeness (QED) is 0.459. The van der Waals surface area contributed by atoms with Gasteiger partial charge in [-0.2, -0.15) is 0 Å². The fraction of sp³-hybridized carbons (Fsp3) is 0.0455. The Morgan fingerprint density at radius 2 is 1.66 bits per heavy atom. The standard InChI is InChI=1S/C22H17ClN4OSe/c1-15-21(22(28)24-17-7-3-2-4-8-17)25-26-27(15)19-9-5-6-10-20(19)29-18-13-11-16(23)12-14-18/h2-14H,1H3,(H,24,28). The van der Waals surface area contributed by atoms with Gasteiger partial charge in [-0.3, -0.25) is 0 Å². The normalized spacial score (nSPS) is 10.7. The molecule has 5 nitrogen and oxygen atoms in total. The van der Waals surface area contributed by atoms with Crippen LogP contribution in [-0.2, 0) is 0 Å². The molecule has 0 atom stereocenters. The van der Waals surface area contributed by atoms with Gasteiger partial charge in [-0.1, -0.05) is 0 Å². The maximum absolute atomic E-state index is 12.7. The van der Waals surface area contributed by atoms with Crippen molar-refractivity contribution in [1.29, 1.82) is 0 Å². The molecule has 0 aliphatic rings. The first-order valence-electron chi connectivity index (χ1n) is 8.93. The molecule has 4 rings (SSSR count). The number of amides is 1. The van der Waals surface area contributed by atoms with E-state index < -0.39 is 0 Å². The SMILES string of the molecule is Cc1c(C(=O)Nc2ccccc2)nnn1-c1ccccc1[Se]c1ccc(Cl)cc1. The van der Waals surface area contributed by atoms with Gasteiger partial charge in [-0.25, -0.2) is 0 Å². The van der Waals surface area contributed by atoms with Gasteiger partial charge in [0, 0.05) is 0 Å². The molecule has 1 N–H and O–H groups in total. The zero-order chi connectivity index (χ0) is 20.2. The van der Waals surface area contributed by atoms with Crippen LogP contribution in [0.4, 0.5) is 5.69 Å². The van der Waals surface area contributed by atoms with Gasteiger partial charge in [0.25, 0.3) is 0 Å². The maximum atomic E-state index is 12.7. The molecule has 144 valence electrons. The number of anilines is 1. The van der Waals surface area contributed by atoms with Crippen molar-refractivity contribution in [3.8, 4) is 5.69 Å². The second-order valence-corrected chi connectivity index (χ2v) is 9.06. The van der Waals surface area contributed by atoms with E-state index in [1.807, 2.05) is 79.7 Å². The van der Waals surface area contributed by atoms with Crippen LogP contribution >= 0.6 is 11.6 Å². The van der Waals surface area contributed by atoms with Gasteiger partial charge < -0.3 is 0 Å². The van der Waals surface area contributed by atoms with E-state index in [0.717, 1.165) is 20.9 Å². The Hall–Kier alpha value is -2.92. The van der Waals surface area contributed by atoms with E-state index in [2.05, 4.69) is 21.7 Å². The summed E-state index contributed by atoms with van der Waals surface area (Å²) in [5, 5.41) is 12.0. The Morgan fingerprint density at radius 3 is 2.41 bits per heavy atom. The number of carbonyl (C=O) groups is 1. The van der Waals surface area contributed by atoms with Gasteiger partial charge >= 0.3 is 180 Å². The molecule has 1 aromatic heterocycles. The fourth-order valence-corrected chi connectivity index (χ4v) is 4.91. The molecule has 1 amide bonds. The van der Waals surface area contributed by atoms with Crippen molar-refractivity contribution in [2.45, 2.75) is 6.92 Å². The summed E-state index contributed by atoms with van der Waals surface area (Å²) >= 11 is 6.06. The van der Waals surface area contributed by atoms with E-state index >= 15 is 0 Å². The summed E-state index contributed by atoms with van der Waals surface area (Å²) in [6, 6.07) is 25.2. The molecule has 7 heteroatoms. The van der Waals surface area contributed by atoms with Gasteiger partial charge in [0.1, 0.15) is 0 Å². The molecular formula is C22H17ClN4OSe. The van der Waals surface area contributed by atoms with Gasteiger partial charge in [-0.15, -0.1) is 0 Å². The number of benzene rings is 3. The van der Waals surface area contributed by atoms with Crippen molar-refractivity contribution >= 4 is 47.1 Å². The van der Waals surface area contributed by atoms with Crippen molar-refractivity contribution in [2.24, 2.45) is 0 Å². The van der Waals surface area contributed by atoms with Gasteiger partial charge in [0.2, 0.25) is 0 Å². The van der Waals surface area contributed by atoms with Crippen LogP contribution in [0.1, 0.15) is 16.2 Å². The number of hydrogen-bond acceptors (Lipinski definition) is 3. The van der Waals surface area contributed by atoms with Crippen molar-refractivity contribution in [1.82, 2.24) is 15.0 Å². The second-order valence-electron chi connectivity index (χ2n) is 6.28. The minimum absolute atomic E-state index is 0.0615. The van der Waals surface area contributed by atoms with E-state index in [4.69, 9.17) is 11.6 Å². The Balaban J connectivity index is 1.63. The zero-order valence-corrected chi connectivity index (χ0v) is 18.0. The van der Waals surface area contributed by atoms with Crippen molar-refractivity contribution in [3.63, 3.8) is 0 Å². The molecule has 0 saturated heterocycles. The van der Waals surface area contributed by atoms with Crippen LogP contribution in [0.2, 0.25) is 5.02 Å². The molecule has 0 bridgehead atoms. The van der Waals surface area contributed by atoms with Crippen molar-refractivity contribution in [2.75, 3.05) is 5.32 Å². The number of carbonyl (C=O) groups excluding carboxylic acids is 1. The fourth-order valence-electron chi connectivity index (χ4n) is 2.83. The Labute approximate surface area is 179 Å². The monoisotopic (exact) mass is 468 g/mol. The predicted octanol–water partition coefficient (Wildman–Crippen LogP) is 3.14. The third kappa shape index (κ3) is 4.40. The molecule has 0 fully saturated rings. The summed E-state index contributed by atoms with van der Waals surface area (Å²) in [5.74, 6) is -0.277. The number of aromatic nitrogens is 3.